The molecule has 6 heteroatoms. The minimum absolute atomic E-state index is 0.107. The van der Waals surface area contributed by atoms with Crippen LogP contribution in [-0.4, -0.2) is 4.98 Å². The monoisotopic (exact) mass is 312 g/mol. The Kier molecular flexibility index (Phi) is 4.16. The number of nitrogens with one attached hydrogen (secondary N) is 1. The van der Waals surface area contributed by atoms with Crippen molar-refractivity contribution in [3.8, 4) is 17.2 Å². The SMILES string of the molecule is N#CCc1cc[nH]c(=O)c1-c1ccc(Cl)c(Cl)c1Cl. The molecule has 2 rings (SSSR count). The number of hydrogen-bond donors (Lipinski definition) is 1. The van der Waals surface area contributed by atoms with Crippen LogP contribution >= 0.6 is 34.8 Å². The van der Waals surface area contributed by atoms with Crippen molar-refractivity contribution in [1.82, 2.24) is 4.98 Å². The predicted octanol–water partition coefficient (Wildman–Crippen LogP) is 4.07. The van der Waals surface area contributed by atoms with E-state index < -0.39 is 0 Å². The van der Waals surface area contributed by atoms with Gasteiger partial charge in [-0.05, 0) is 17.7 Å². The Bertz CT molecular complexity index is 732. The Balaban J connectivity index is 2.76. The van der Waals surface area contributed by atoms with Crippen molar-refractivity contribution < 1.29 is 0 Å². The molecule has 1 heterocycles. The van der Waals surface area contributed by atoms with Crippen LogP contribution < -0.4 is 5.56 Å². The predicted molar refractivity (Wildman–Crippen MR) is 76.8 cm³/mol. The third-order valence-electron chi connectivity index (χ3n) is 2.62. The zero-order chi connectivity index (χ0) is 14.0. The highest BCUT2D eigenvalue weighted by molar-refractivity contribution is 6.49. The van der Waals surface area contributed by atoms with E-state index >= 15 is 0 Å². The minimum Gasteiger partial charge on any atom is -0.329 e. The number of aromatic nitrogens is 1. The van der Waals surface area contributed by atoms with Gasteiger partial charge < -0.3 is 4.98 Å². The molecule has 0 aliphatic rings. The third kappa shape index (κ3) is 2.62. The van der Waals surface area contributed by atoms with Crippen LogP contribution in [0.4, 0.5) is 0 Å². The van der Waals surface area contributed by atoms with E-state index in [2.05, 4.69) is 4.98 Å². The smallest absolute Gasteiger partial charge is 0.256 e. The van der Waals surface area contributed by atoms with Crippen LogP contribution in [0.3, 0.4) is 0 Å². The molecule has 96 valence electrons. The van der Waals surface area contributed by atoms with E-state index in [1.54, 1.807) is 18.2 Å². The number of nitriles is 1. The Morgan fingerprint density at radius 2 is 1.89 bits per heavy atom. The molecule has 0 atom stereocenters. The van der Waals surface area contributed by atoms with Gasteiger partial charge in [-0.3, -0.25) is 4.79 Å². The van der Waals surface area contributed by atoms with E-state index in [1.165, 1.54) is 6.20 Å². The standard InChI is InChI=1S/C13H7Cl3N2O/c14-9-2-1-8(11(15)12(9)16)10-7(3-5-17)4-6-18-13(10)19/h1-2,4,6H,3H2,(H,18,19). The lowest BCUT2D eigenvalue weighted by Crippen LogP contribution is -2.11. The lowest BCUT2D eigenvalue weighted by Gasteiger charge is -2.09. The second-order valence-corrected chi connectivity index (χ2v) is 4.93. The number of nitrogens with zero attached hydrogens (tertiary/aromatic N) is 1. The molecule has 0 spiro atoms. The second kappa shape index (κ2) is 5.66. The Morgan fingerprint density at radius 3 is 2.58 bits per heavy atom. The summed E-state index contributed by atoms with van der Waals surface area (Å²) in [5.74, 6) is 0. The second-order valence-electron chi connectivity index (χ2n) is 3.76. The molecule has 1 N–H and O–H groups in total. The van der Waals surface area contributed by atoms with Crippen molar-refractivity contribution in [3.63, 3.8) is 0 Å². The summed E-state index contributed by atoms with van der Waals surface area (Å²) in [4.78, 5) is 14.5. The van der Waals surface area contributed by atoms with Crippen LogP contribution in [0.1, 0.15) is 5.56 Å². The van der Waals surface area contributed by atoms with Gasteiger partial charge >= 0.3 is 0 Å². The molecule has 0 unspecified atom stereocenters. The minimum atomic E-state index is -0.326. The van der Waals surface area contributed by atoms with E-state index in [1.807, 2.05) is 6.07 Å². The lowest BCUT2D eigenvalue weighted by molar-refractivity contribution is 1.17. The molecule has 3 nitrogen and oxygen atoms in total. The molecule has 0 fully saturated rings. The van der Waals surface area contributed by atoms with Crippen molar-refractivity contribution in [2.45, 2.75) is 6.42 Å². The summed E-state index contributed by atoms with van der Waals surface area (Å²) in [5.41, 5.74) is 1.07. The largest absolute Gasteiger partial charge is 0.329 e. The number of halogens is 3. The number of benzene rings is 1. The molecule has 0 saturated carbocycles. The normalized spacial score (nSPS) is 10.2. The lowest BCUT2D eigenvalue weighted by atomic mass is 10.00. The fourth-order valence-corrected chi connectivity index (χ4v) is 2.40. The molecule has 19 heavy (non-hydrogen) atoms. The maximum Gasteiger partial charge on any atom is 0.256 e. The van der Waals surface area contributed by atoms with E-state index in [-0.39, 0.29) is 22.0 Å². The number of H-pyrrole nitrogens is 1. The summed E-state index contributed by atoms with van der Waals surface area (Å²) < 4.78 is 0. The topological polar surface area (TPSA) is 56.6 Å². The molecule has 1 aromatic carbocycles. The Hall–Kier alpha value is -1.47. The summed E-state index contributed by atoms with van der Waals surface area (Å²) in [7, 11) is 0. The van der Waals surface area contributed by atoms with Gasteiger partial charge in [0.25, 0.3) is 5.56 Å². The van der Waals surface area contributed by atoms with Gasteiger partial charge in [0, 0.05) is 11.8 Å². The average molecular weight is 314 g/mol. The van der Waals surface area contributed by atoms with Crippen LogP contribution in [0.25, 0.3) is 11.1 Å². The van der Waals surface area contributed by atoms with Crippen LogP contribution in [0.15, 0.2) is 29.2 Å². The Morgan fingerprint density at radius 1 is 1.16 bits per heavy atom. The van der Waals surface area contributed by atoms with Gasteiger partial charge in [-0.25, -0.2) is 0 Å². The maximum absolute atomic E-state index is 12.0. The highest BCUT2D eigenvalue weighted by Gasteiger charge is 2.16. The maximum atomic E-state index is 12.0. The van der Waals surface area contributed by atoms with Gasteiger partial charge in [0.1, 0.15) is 0 Å². The first-order valence-electron chi connectivity index (χ1n) is 5.27. The number of hydrogen-bond acceptors (Lipinski definition) is 2. The molecule has 1 aromatic heterocycles. The summed E-state index contributed by atoms with van der Waals surface area (Å²) in [6.45, 7) is 0. The molecular formula is C13H7Cl3N2O. The molecule has 0 radical (unpaired) electrons. The highest BCUT2D eigenvalue weighted by Crippen LogP contribution is 2.37. The molecule has 0 saturated heterocycles. The van der Waals surface area contributed by atoms with Gasteiger partial charge in [-0.1, -0.05) is 40.9 Å². The fraction of sp³-hybridized carbons (Fsp3) is 0.0769. The summed E-state index contributed by atoms with van der Waals surface area (Å²) in [5, 5.41) is 9.50. The van der Waals surface area contributed by atoms with Gasteiger partial charge in [-0.2, -0.15) is 5.26 Å². The molecule has 0 aliphatic carbocycles. The number of pyridine rings is 1. The first-order valence-corrected chi connectivity index (χ1v) is 6.41. The molecule has 0 amide bonds. The van der Waals surface area contributed by atoms with Crippen molar-refractivity contribution in [2.75, 3.05) is 0 Å². The zero-order valence-corrected chi connectivity index (χ0v) is 11.8. The van der Waals surface area contributed by atoms with Gasteiger partial charge in [0.2, 0.25) is 0 Å². The van der Waals surface area contributed by atoms with Crippen molar-refractivity contribution in [3.05, 3.63) is 55.4 Å². The van der Waals surface area contributed by atoms with Crippen LogP contribution in [0, 0.1) is 11.3 Å². The fourth-order valence-electron chi connectivity index (χ4n) is 1.77. The third-order valence-corrected chi connectivity index (χ3v) is 3.91. The van der Waals surface area contributed by atoms with Crippen molar-refractivity contribution in [1.29, 1.82) is 5.26 Å². The van der Waals surface area contributed by atoms with E-state index in [4.69, 9.17) is 40.1 Å². The van der Waals surface area contributed by atoms with Crippen molar-refractivity contribution >= 4 is 34.8 Å². The average Bonchev–Trinajstić information content (AvgIpc) is 2.38. The molecular weight excluding hydrogens is 307 g/mol. The quantitative estimate of drug-likeness (QED) is 0.850. The molecule has 0 bridgehead atoms. The summed E-state index contributed by atoms with van der Waals surface area (Å²) in [6, 6.07) is 6.85. The first kappa shape index (κ1) is 14.0. The summed E-state index contributed by atoms with van der Waals surface area (Å²) >= 11 is 18.0. The van der Waals surface area contributed by atoms with E-state index in [0.29, 0.717) is 21.7 Å². The molecule has 0 aliphatic heterocycles. The zero-order valence-electron chi connectivity index (χ0n) is 9.51. The summed E-state index contributed by atoms with van der Waals surface area (Å²) in [6.07, 6.45) is 1.60. The van der Waals surface area contributed by atoms with E-state index in [0.717, 1.165) is 0 Å². The van der Waals surface area contributed by atoms with Gasteiger partial charge in [-0.15, -0.1) is 0 Å². The van der Waals surface area contributed by atoms with Crippen LogP contribution in [0.5, 0.6) is 0 Å². The van der Waals surface area contributed by atoms with Crippen molar-refractivity contribution in [2.24, 2.45) is 0 Å². The highest BCUT2D eigenvalue weighted by atomic mass is 35.5. The van der Waals surface area contributed by atoms with Gasteiger partial charge in [0.15, 0.2) is 0 Å². The van der Waals surface area contributed by atoms with E-state index in [9.17, 15) is 4.79 Å². The van der Waals surface area contributed by atoms with Crippen LogP contribution in [-0.2, 0) is 6.42 Å². The first-order chi connectivity index (χ1) is 9.06. The van der Waals surface area contributed by atoms with Gasteiger partial charge in [0.05, 0.1) is 33.1 Å². The molecule has 2 aromatic rings. The van der Waals surface area contributed by atoms with Crippen LogP contribution in [0.2, 0.25) is 15.1 Å². The number of rotatable bonds is 2. The Labute approximate surface area is 124 Å². The number of aromatic amines is 1.